The molecule has 0 fully saturated rings. The number of ether oxygens (including phenoxy) is 1. The van der Waals surface area contributed by atoms with Gasteiger partial charge in [0.2, 0.25) is 0 Å². The van der Waals surface area contributed by atoms with E-state index in [2.05, 4.69) is 23.9 Å². The first-order valence-corrected chi connectivity index (χ1v) is 3.96. The Morgan fingerprint density at radius 1 is 1.55 bits per heavy atom. The molecule has 66 valence electrons. The highest BCUT2D eigenvalue weighted by Crippen LogP contribution is 2.04. The standard InChI is InChI=1S/C8H17NO2/c1-5-7(6(2)3)9-8(10)11-4/h6-7H,5H2,1-4H3,(H,9,10)/t7-/m0/s1. The Kier molecular flexibility index (Phi) is 4.66. The molecule has 3 nitrogen and oxygen atoms in total. The van der Waals surface area contributed by atoms with Gasteiger partial charge in [0.1, 0.15) is 0 Å². The Balaban J connectivity index is 3.78. The largest absolute Gasteiger partial charge is 0.453 e. The van der Waals surface area contributed by atoms with Gasteiger partial charge in [0.25, 0.3) is 0 Å². The normalized spacial score (nSPS) is 12.8. The number of methoxy groups -OCH3 is 1. The molecule has 0 aliphatic carbocycles. The molecule has 0 bridgehead atoms. The van der Waals surface area contributed by atoms with Gasteiger partial charge in [0.15, 0.2) is 0 Å². The van der Waals surface area contributed by atoms with Gasteiger partial charge in [0, 0.05) is 6.04 Å². The van der Waals surface area contributed by atoms with E-state index in [1.807, 2.05) is 6.92 Å². The van der Waals surface area contributed by atoms with Crippen LogP contribution in [0.3, 0.4) is 0 Å². The highest BCUT2D eigenvalue weighted by molar-refractivity contribution is 5.67. The SMILES string of the molecule is CC[C@H](NC(=O)OC)C(C)C. The van der Waals surface area contributed by atoms with E-state index >= 15 is 0 Å². The van der Waals surface area contributed by atoms with Gasteiger partial charge >= 0.3 is 6.09 Å². The summed E-state index contributed by atoms with van der Waals surface area (Å²) in [7, 11) is 1.38. The van der Waals surface area contributed by atoms with E-state index in [4.69, 9.17) is 0 Å². The number of hydrogen-bond acceptors (Lipinski definition) is 2. The van der Waals surface area contributed by atoms with Crippen LogP contribution in [-0.2, 0) is 4.74 Å². The zero-order valence-electron chi connectivity index (χ0n) is 7.68. The quantitative estimate of drug-likeness (QED) is 0.681. The summed E-state index contributed by atoms with van der Waals surface area (Å²) in [5.41, 5.74) is 0. The van der Waals surface area contributed by atoms with Crippen molar-refractivity contribution in [3.05, 3.63) is 0 Å². The predicted molar refractivity (Wildman–Crippen MR) is 44.5 cm³/mol. The van der Waals surface area contributed by atoms with E-state index in [-0.39, 0.29) is 12.1 Å². The zero-order valence-corrected chi connectivity index (χ0v) is 7.68. The molecular weight excluding hydrogens is 142 g/mol. The molecule has 1 atom stereocenters. The van der Waals surface area contributed by atoms with Gasteiger partial charge in [-0.1, -0.05) is 20.8 Å². The topological polar surface area (TPSA) is 38.3 Å². The average molecular weight is 159 g/mol. The molecule has 0 aromatic heterocycles. The molecular formula is C8H17NO2. The number of alkyl carbamates (subject to hydrolysis) is 1. The van der Waals surface area contributed by atoms with Gasteiger partial charge in [-0.2, -0.15) is 0 Å². The van der Waals surface area contributed by atoms with Crippen molar-refractivity contribution >= 4 is 6.09 Å². The first-order chi connectivity index (χ1) is 5.11. The number of carbonyl (C=O) groups excluding carboxylic acids is 1. The molecule has 1 amide bonds. The highest BCUT2D eigenvalue weighted by Gasteiger charge is 2.13. The second kappa shape index (κ2) is 4.99. The van der Waals surface area contributed by atoms with Crippen LogP contribution in [0.15, 0.2) is 0 Å². The molecule has 0 aromatic rings. The lowest BCUT2D eigenvalue weighted by atomic mass is 10.0. The summed E-state index contributed by atoms with van der Waals surface area (Å²) in [5.74, 6) is 0.457. The molecule has 0 unspecified atom stereocenters. The Bertz CT molecular complexity index is 123. The van der Waals surface area contributed by atoms with Crippen molar-refractivity contribution in [2.75, 3.05) is 7.11 Å². The highest BCUT2D eigenvalue weighted by atomic mass is 16.5. The van der Waals surface area contributed by atoms with Crippen molar-refractivity contribution in [2.24, 2.45) is 5.92 Å². The molecule has 1 N–H and O–H groups in total. The van der Waals surface area contributed by atoms with E-state index in [1.54, 1.807) is 0 Å². The summed E-state index contributed by atoms with van der Waals surface area (Å²) in [6.45, 7) is 6.19. The monoisotopic (exact) mass is 159 g/mol. The third kappa shape index (κ3) is 3.86. The third-order valence-corrected chi connectivity index (χ3v) is 1.73. The zero-order chi connectivity index (χ0) is 8.85. The van der Waals surface area contributed by atoms with Crippen molar-refractivity contribution < 1.29 is 9.53 Å². The van der Waals surface area contributed by atoms with E-state index in [0.717, 1.165) is 6.42 Å². The number of rotatable bonds is 3. The van der Waals surface area contributed by atoms with Gasteiger partial charge in [-0.3, -0.25) is 0 Å². The van der Waals surface area contributed by atoms with Crippen molar-refractivity contribution in [3.63, 3.8) is 0 Å². The number of carbonyl (C=O) groups is 1. The molecule has 0 rings (SSSR count). The fraction of sp³-hybridized carbons (Fsp3) is 0.875. The minimum absolute atomic E-state index is 0.224. The van der Waals surface area contributed by atoms with Crippen molar-refractivity contribution in [1.29, 1.82) is 0 Å². The lowest BCUT2D eigenvalue weighted by Gasteiger charge is -2.19. The number of hydrogen-bond donors (Lipinski definition) is 1. The molecule has 11 heavy (non-hydrogen) atoms. The van der Waals surface area contributed by atoms with Gasteiger partial charge in [-0.15, -0.1) is 0 Å². The van der Waals surface area contributed by atoms with Crippen LogP contribution in [0.4, 0.5) is 4.79 Å². The van der Waals surface area contributed by atoms with Crippen LogP contribution >= 0.6 is 0 Å². The maximum absolute atomic E-state index is 10.8. The Morgan fingerprint density at radius 3 is 2.36 bits per heavy atom. The molecule has 0 aliphatic heterocycles. The minimum atomic E-state index is -0.342. The van der Waals surface area contributed by atoms with E-state index in [1.165, 1.54) is 7.11 Å². The second-order valence-corrected chi connectivity index (χ2v) is 2.89. The van der Waals surface area contributed by atoms with Crippen LogP contribution in [0.5, 0.6) is 0 Å². The van der Waals surface area contributed by atoms with Gasteiger partial charge in [-0.05, 0) is 12.3 Å². The van der Waals surface area contributed by atoms with Crippen LogP contribution in [0.2, 0.25) is 0 Å². The van der Waals surface area contributed by atoms with Crippen molar-refractivity contribution in [3.8, 4) is 0 Å². The smallest absolute Gasteiger partial charge is 0.407 e. The van der Waals surface area contributed by atoms with Gasteiger partial charge in [0.05, 0.1) is 7.11 Å². The summed E-state index contributed by atoms with van der Waals surface area (Å²) >= 11 is 0. The average Bonchev–Trinajstić information content (AvgIpc) is 1.99. The number of amides is 1. The summed E-state index contributed by atoms with van der Waals surface area (Å²) in [6.07, 6.45) is 0.595. The Labute approximate surface area is 68.1 Å². The summed E-state index contributed by atoms with van der Waals surface area (Å²) in [6, 6.07) is 0.224. The fourth-order valence-corrected chi connectivity index (χ4v) is 0.950. The van der Waals surface area contributed by atoms with E-state index < -0.39 is 0 Å². The summed E-state index contributed by atoms with van der Waals surface area (Å²) in [4.78, 5) is 10.8. The van der Waals surface area contributed by atoms with E-state index in [9.17, 15) is 4.79 Å². The Morgan fingerprint density at radius 2 is 2.09 bits per heavy atom. The minimum Gasteiger partial charge on any atom is -0.453 e. The van der Waals surface area contributed by atoms with Gasteiger partial charge < -0.3 is 10.1 Å². The lowest BCUT2D eigenvalue weighted by molar-refractivity contribution is 0.162. The summed E-state index contributed by atoms with van der Waals surface area (Å²) < 4.78 is 4.48. The molecule has 3 heteroatoms. The fourth-order valence-electron chi connectivity index (χ4n) is 0.950. The maximum atomic E-state index is 10.8. The molecule has 0 spiro atoms. The van der Waals surface area contributed by atoms with Crippen LogP contribution < -0.4 is 5.32 Å². The van der Waals surface area contributed by atoms with Crippen LogP contribution in [0, 0.1) is 5.92 Å². The molecule has 0 saturated carbocycles. The van der Waals surface area contributed by atoms with Crippen LogP contribution in [0.1, 0.15) is 27.2 Å². The van der Waals surface area contributed by atoms with E-state index in [0.29, 0.717) is 5.92 Å². The number of nitrogens with one attached hydrogen (secondary N) is 1. The first kappa shape index (κ1) is 10.3. The molecule has 0 aliphatic rings. The molecule has 0 radical (unpaired) electrons. The van der Waals surface area contributed by atoms with Crippen LogP contribution in [0.25, 0.3) is 0 Å². The van der Waals surface area contributed by atoms with Gasteiger partial charge in [-0.25, -0.2) is 4.79 Å². The third-order valence-electron chi connectivity index (χ3n) is 1.73. The Hall–Kier alpha value is -0.730. The first-order valence-electron chi connectivity index (χ1n) is 3.96. The van der Waals surface area contributed by atoms with Crippen molar-refractivity contribution in [2.45, 2.75) is 33.2 Å². The predicted octanol–water partition coefficient (Wildman–Crippen LogP) is 1.78. The molecule has 0 aromatic carbocycles. The lowest BCUT2D eigenvalue weighted by Crippen LogP contribution is -2.37. The second-order valence-electron chi connectivity index (χ2n) is 2.89. The van der Waals surface area contributed by atoms with Crippen LogP contribution in [-0.4, -0.2) is 19.2 Å². The molecule has 0 saturated heterocycles. The summed E-state index contributed by atoms with van der Waals surface area (Å²) in [5, 5.41) is 2.75. The van der Waals surface area contributed by atoms with Crippen molar-refractivity contribution in [1.82, 2.24) is 5.32 Å². The maximum Gasteiger partial charge on any atom is 0.407 e. The molecule has 0 heterocycles.